The Balaban J connectivity index is 2.10. The zero-order chi connectivity index (χ0) is 9.97. The Labute approximate surface area is 90.7 Å². The third-order valence-corrected chi connectivity index (χ3v) is 3.08. The van der Waals surface area contributed by atoms with Crippen LogP contribution in [-0.2, 0) is 0 Å². The largest absolute Gasteiger partial charge is 0.306 e. The second kappa shape index (κ2) is 4.32. The van der Waals surface area contributed by atoms with Crippen LogP contribution in [0.4, 0.5) is 0 Å². The van der Waals surface area contributed by atoms with Crippen LogP contribution < -0.4 is 0 Å². The molecular weight excluding hydrogens is 192 g/mol. The number of hydrogen-bond acceptors (Lipinski definition) is 3. The van der Waals surface area contributed by atoms with Gasteiger partial charge in [-0.15, -0.1) is 12.6 Å². The van der Waals surface area contributed by atoms with Crippen LogP contribution in [-0.4, -0.2) is 30.0 Å². The van der Waals surface area contributed by atoms with Gasteiger partial charge in [-0.05, 0) is 38.6 Å². The zero-order valence-corrected chi connectivity index (χ0v) is 9.37. The maximum absolute atomic E-state index is 4.43. The first-order chi connectivity index (χ1) is 6.75. The average Bonchev–Trinajstić information content (AvgIpc) is 2.19. The molecule has 1 aliphatic heterocycles. The fraction of sp³-hybridized carbons (Fsp3) is 0.545. The van der Waals surface area contributed by atoms with Gasteiger partial charge in [0.05, 0.1) is 0 Å². The van der Waals surface area contributed by atoms with Gasteiger partial charge in [0.2, 0.25) is 0 Å². The lowest BCUT2D eigenvalue weighted by atomic mass is 9.95. The Morgan fingerprint density at radius 2 is 2.36 bits per heavy atom. The predicted molar refractivity (Wildman–Crippen MR) is 61.0 cm³/mol. The topological polar surface area (TPSA) is 16.1 Å². The van der Waals surface area contributed by atoms with Crippen LogP contribution in [0.3, 0.4) is 0 Å². The summed E-state index contributed by atoms with van der Waals surface area (Å²) in [6, 6.07) is 4.13. The standard InChI is InChI=1S/C11H16N2S/c1-13-6-2-3-9(8-13)11-5-4-10(14)7-12-11/h4-5,7,9,14H,2-3,6,8H2,1H3. The number of thiol groups is 1. The SMILES string of the molecule is CN1CCCC(c2ccc(S)cn2)C1. The molecule has 0 saturated carbocycles. The molecule has 0 aliphatic carbocycles. The van der Waals surface area contributed by atoms with Crippen molar-refractivity contribution in [1.82, 2.24) is 9.88 Å². The maximum Gasteiger partial charge on any atom is 0.0448 e. The van der Waals surface area contributed by atoms with Crippen LogP contribution in [0.5, 0.6) is 0 Å². The van der Waals surface area contributed by atoms with Crippen molar-refractivity contribution in [3.8, 4) is 0 Å². The molecule has 2 nitrogen and oxygen atoms in total. The highest BCUT2D eigenvalue weighted by molar-refractivity contribution is 7.80. The number of rotatable bonds is 1. The quantitative estimate of drug-likeness (QED) is 0.712. The minimum Gasteiger partial charge on any atom is -0.306 e. The molecule has 1 aromatic rings. The predicted octanol–water partition coefficient (Wildman–Crippen LogP) is 2.18. The van der Waals surface area contributed by atoms with Gasteiger partial charge in [-0.25, -0.2) is 0 Å². The molecule has 0 bridgehead atoms. The van der Waals surface area contributed by atoms with Crippen LogP contribution in [0.1, 0.15) is 24.5 Å². The maximum atomic E-state index is 4.43. The van der Waals surface area contributed by atoms with Gasteiger partial charge in [-0.1, -0.05) is 0 Å². The molecule has 1 aromatic heterocycles. The van der Waals surface area contributed by atoms with E-state index in [-0.39, 0.29) is 0 Å². The number of piperidine rings is 1. The highest BCUT2D eigenvalue weighted by atomic mass is 32.1. The normalized spacial score (nSPS) is 23.7. The van der Waals surface area contributed by atoms with Crippen LogP contribution in [0.2, 0.25) is 0 Å². The summed E-state index contributed by atoms with van der Waals surface area (Å²) in [6.07, 6.45) is 4.39. The molecule has 0 aromatic carbocycles. The van der Waals surface area contributed by atoms with Crippen molar-refractivity contribution in [1.29, 1.82) is 0 Å². The van der Waals surface area contributed by atoms with Crippen molar-refractivity contribution in [3.05, 3.63) is 24.0 Å². The second-order valence-electron chi connectivity index (χ2n) is 4.04. The molecular formula is C11H16N2S. The van der Waals surface area contributed by atoms with E-state index in [9.17, 15) is 0 Å². The molecule has 0 radical (unpaired) electrons. The average molecular weight is 208 g/mol. The first-order valence-corrected chi connectivity index (χ1v) is 5.54. The van der Waals surface area contributed by atoms with E-state index in [1.165, 1.54) is 25.1 Å². The van der Waals surface area contributed by atoms with Gasteiger partial charge < -0.3 is 4.90 Å². The van der Waals surface area contributed by atoms with Crippen molar-refractivity contribution >= 4 is 12.6 Å². The second-order valence-corrected chi connectivity index (χ2v) is 4.56. The van der Waals surface area contributed by atoms with Gasteiger partial charge in [-0.3, -0.25) is 4.98 Å². The van der Waals surface area contributed by atoms with Gasteiger partial charge in [0, 0.05) is 29.2 Å². The molecule has 1 saturated heterocycles. The van der Waals surface area contributed by atoms with E-state index in [0.717, 1.165) is 11.4 Å². The van der Waals surface area contributed by atoms with E-state index in [4.69, 9.17) is 0 Å². The Morgan fingerprint density at radius 3 is 3.00 bits per heavy atom. The summed E-state index contributed by atoms with van der Waals surface area (Å²) in [5.74, 6) is 0.614. The third-order valence-electron chi connectivity index (χ3n) is 2.81. The minimum absolute atomic E-state index is 0.614. The molecule has 14 heavy (non-hydrogen) atoms. The van der Waals surface area contributed by atoms with Gasteiger partial charge in [0.1, 0.15) is 0 Å². The Morgan fingerprint density at radius 1 is 1.50 bits per heavy atom. The number of likely N-dealkylation sites (N-methyl/N-ethyl adjacent to an activating group) is 1. The Kier molecular flexibility index (Phi) is 3.08. The van der Waals surface area contributed by atoms with Crippen molar-refractivity contribution < 1.29 is 0 Å². The van der Waals surface area contributed by atoms with Crippen LogP contribution >= 0.6 is 12.6 Å². The van der Waals surface area contributed by atoms with Gasteiger partial charge in [-0.2, -0.15) is 0 Å². The first-order valence-electron chi connectivity index (χ1n) is 5.09. The van der Waals surface area contributed by atoms with Gasteiger partial charge in [0.15, 0.2) is 0 Å². The number of nitrogens with zero attached hydrogens (tertiary/aromatic N) is 2. The Bertz CT molecular complexity index is 297. The molecule has 3 heteroatoms. The van der Waals surface area contributed by atoms with Gasteiger partial charge >= 0.3 is 0 Å². The monoisotopic (exact) mass is 208 g/mol. The zero-order valence-electron chi connectivity index (χ0n) is 8.48. The summed E-state index contributed by atoms with van der Waals surface area (Å²) in [7, 11) is 2.18. The van der Waals surface area contributed by atoms with Gasteiger partial charge in [0.25, 0.3) is 0 Å². The smallest absolute Gasteiger partial charge is 0.0448 e. The van der Waals surface area contributed by atoms with Crippen molar-refractivity contribution in [2.24, 2.45) is 0 Å². The number of likely N-dealkylation sites (tertiary alicyclic amines) is 1. The van der Waals surface area contributed by atoms with E-state index in [1.807, 2.05) is 12.3 Å². The number of pyridine rings is 1. The van der Waals surface area contributed by atoms with Crippen molar-refractivity contribution in [2.75, 3.05) is 20.1 Å². The summed E-state index contributed by atoms with van der Waals surface area (Å²) in [5.41, 5.74) is 1.22. The third kappa shape index (κ3) is 2.28. The minimum atomic E-state index is 0.614. The molecule has 1 unspecified atom stereocenters. The molecule has 0 amide bonds. The first kappa shape index (κ1) is 9.99. The van der Waals surface area contributed by atoms with Crippen LogP contribution in [0.15, 0.2) is 23.2 Å². The fourth-order valence-electron chi connectivity index (χ4n) is 2.05. The molecule has 0 N–H and O–H groups in total. The highest BCUT2D eigenvalue weighted by Gasteiger charge is 2.19. The number of aromatic nitrogens is 1. The van der Waals surface area contributed by atoms with Crippen LogP contribution in [0, 0.1) is 0 Å². The van der Waals surface area contributed by atoms with E-state index >= 15 is 0 Å². The molecule has 76 valence electrons. The molecule has 1 fully saturated rings. The summed E-state index contributed by atoms with van der Waals surface area (Å²) >= 11 is 4.24. The summed E-state index contributed by atoms with van der Waals surface area (Å²) in [4.78, 5) is 7.76. The van der Waals surface area contributed by atoms with E-state index < -0.39 is 0 Å². The number of hydrogen-bond donors (Lipinski definition) is 1. The molecule has 1 aliphatic rings. The summed E-state index contributed by atoms with van der Waals surface area (Å²) < 4.78 is 0. The van der Waals surface area contributed by atoms with E-state index in [1.54, 1.807) is 0 Å². The van der Waals surface area contributed by atoms with Crippen molar-refractivity contribution in [2.45, 2.75) is 23.7 Å². The van der Waals surface area contributed by atoms with Crippen molar-refractivity contribution in [3.63, 3.8) is 0 Å². The van der Waals surface area contributed by atoms with E-state index in [2.05, 4.69) is 35.6 Å². The fourth-order valence-corrected chi connectivity index (χ4v) is 2.18. The molecule has 2 rings (SSSR count). The molecule has 2 heterocycles. The summed E-state index contributed by atoms with van der Waals surface area (Å²) in [6.45, 7) is 2.36. The molecule has 1 atom stereocenters. The highest BCUT2D eigenvalue weighted by Crippen LogP contribution is 2.24. The summed E-state index contributed by atoms with van der Waals surface area (Å²) in [5, 5.41) is 0. The van der Waals surface area contributed by atoms with E-state index in [0.29, 0.717) is 5.92 Å². The molecule has 0 spiro atoms. The lowest BCUT2D eigenvalue weighted by molar-refractivity contribution is 0.248. The Hall–Kier alpha value is -0.540. The lowest BCUT2D eigenvalue weighted by Crippen LogP contribution is -2.31. The van der Waals surface area contributed by atoms with Crippen LogP contribution in [0.25, 0.3) is 0 Å². The lowest BCUT2D eigenvalue weighted by Gasteiger charge is -2.29.